The predicted molar refractivity (Wildman–Crippen MR) is 83.9 cm³/mol. The molecule has 0 amide bonds. The van der Waals surface area contributed by atoms with Crippen molar-refractivity contribution in [3.8, 4) is 5.75 Å². The van der Waals surface area contributed by atoms with Crippen molar-refractivity contribution in [1.82, 2.24) is 4.31 Å². The largest absolute Gasteiger partial charge is 0.497 e. The summed E-state index contributed by atoms with van der Waals surface area (Å²) in [6.07, 6.45) is 1.77. The zero-order valence-electron chi connectivity index (χ0n) is 11.9. The van der Waals surface area contributed by atoms with Crippen LogP contribution in [0.15, 0.2) is 18.2 Å². The molecule has 0 aliphatic carbocycles. The summed E-state index contributed by atoms with van der Waals surface area (Å²) in [4.78, 5) is 0. The number of nitrogens with one attached hydrogen (secondary N) is 1. The van der Waals surface area contributed by atoms with Gasteiger partial charge in [0, 0.05) is 19.2 Å². The molecule has 0 bridgehead atoms. The van der Waals surface area contributed by atoms with Crippen LogP contribution in [0.25, 0.3) is 0 Å². The van der Waals surface area contributed by atoms with E-state index in [0.29, 0.717) is 36.1 Å². The Labute approximate surface area is 130 Å². The number of benzene rings is 1. The first-order valence-corrected chi connectivity index (χ1v) is 8.59. The van der Waals surface area contributed by atoms with Crippen LogP contribution in [0.4, 0.5) is 5.69 Å². The Balaban J connectivity index is 2.17. The van der Waals surface area contributed by atoms with Crippen LogP contribution in [0.2, 0.25) is 5.02 Å². The summed E-state index contributed by atoms with van der Waals surface area (Å²) >= 11 is 6.03. The molecule has 0 spiro atoms. The van der Waals surface area contributed by atoms with Gasteiger partial charge in [0.2, 0.25) is 0 Å². The van der Waals surface area contributed by atoms with E-state index in [2.05, 4.69) is 4.72 Å². The van der Waals surface area contributed by atoms with E-state index >= 15 is 0 Å². The Morgan fingerprint density at radius 2 is 2.29 bits per heavy atom. The van der Waals surface area contributed by atoms with Gasteiger partial charge in [0.15, 0.2) is 0 Å². The molecule has 2 rings (SSSR count). The second kappa shape index (κ2) is 6.83. The van der Waals surface area contributed by atoms with E-state index in [1.165, 1.54) is 11.4 Å². The van der Waals surface area contributed by atoms with Gasteiger partial charge in [-0.1, -0.05) is 11.6 Å². The van der Waals surface area contributed by atoms with Crippen LogP contribution in [0.5, 0.6) is 5.75 Å². The van der Waals surface area contributed by atoms with E-state index in [9.17, 15) is 8.42 Å². The zero-order valence-corrected chi connectivity index (χ0v) is 13.5. The van der Waals surface area contributed by atoms with Crippen LogP contribution in [0, 0.1) is 5.92 Å². The van der Waals surface area contributed by atoms with Gasteiger partial charge in [-0.3, -0.25) is 4.72 Å². The molecule has 1 unspecified atom stereocenters. The number of nitrogens with zero attached hydrogens (tertiary/aromatic N) is 1. The highest BCUT2D eigenvalue weighted by Crippen LogP contribution is 2.28. The number of hydrogen-bond acceptors (Lipinski definition) is 4. The molecule has 1 aliphatic heterocycles. The quantitative estimate of drug-likeness (QED) is 0.858. The van der Waals surface area contributed by atoms with Gasteiger partial charge in [-0.2, -0.15) is 12.7 Å². The van der Waals surface area contributed by atoms with Gasteiger partial charge in [-0.15, -0.1) is 0 Å². The van der Waals surface area contributed by atoms with Crippen molar-refractivity contribution in [3.63, 3.8) is 0 Å². The smallest absolute Gasteiger partial charge is 0.301 e. The topological polar surface area (TPSA) is 84.7 Å². The predicted octanol–water partition coefficient (Wildman–Crippen LogP) is 1.68. The number of ether oxygens (including phenoxy) is 1. The highest BCUT2D eigenvalue weighted by Gasteiger charge is 2.28. The van der Waals surface area contributed by atoms with Gasteiger partial charge >= 0.3 is 10.2 Å². The fraction of sp³-hybridized carbons (Fsp3) is 0.538. The number of anilines is 1. The minimum Gasteiger partial charge on any atom is -0.497 e. The molecular weight excluding hydrogens is 314 g/mol. The molecule has 1 atom stereocenters. The Kier molecular flexibility index (Phi) is 5.32. The second-order valence-corrected chi connectivity index (χ2v) is 7.13. The molecule has 1 aromatic carbocycles. The van der Waals surface area contributed by atoms with Crippen LogP contribution in [-0.2, 0) is 10.2 Å². The normalized spacial score (nSPS) is 20.2. The molecule has 21 heavy (non-hydrogen) atoms. The van der Waals surface area contributed by atoms with Crippen molar-refractivity contribution >= 4 is 27.5 Å². The highest BCUT2D eigenvalue weighted by atomic mass is 35.5. The minimum absolute atomic E-state index is 0.205. The third kappa shape index (κ3) is 4.00. The number of nitrogens with two attached hydrogens (primary N) is 1. The molecule has 0 radical (unpaired) electrons. The first-order valence-electron chi connectivity index (χ1n) is 6.77. The van der Waals surface area contributed by atoms with E-state index in [1.807, 2.05) is 0 Å². The molecule has 1 fully saturated rings. The average Bonchev–Trinajstić information content (AvgIpc) is 2.49. The maximum absolute atomic E-state index is 12.4. The van der Waals surface area contributed by atoms with Crippen LogP contribution < -0.4 is 15.2 Å². The third-order valence-electron chi connectivity index (χ3n) is 3.57. The molecule has 3 N–H and O–H groups in total. The number of hydrogen-bond donors (Lipinski definition) is 2. The molecule has 6 nitrogen and oxygen atoms in total. The van der Waals surface area contributed by atoms with Crippen LogP contribution in [0.3, 0.4) is 0 Å². The first-order chi connectivity index (χ1) is 9.96. The maximum atomic E-state index is 12.4. The van der Waals surface area contributed by atoms with Gasteiger partial charge in [0.1, 0.15) is 5.75 Å². The third-order valence-corrected chi connectivity index (χ3v) is 5.39. The fourth-order valence-corrected chi connectivity index (χ4v) is 3.92. The van der Waals surface area contributed by atoms with Gasteiger partial charge in [0.05, 0.1) is 17.8 Å². The van der Waals surface area contributed by atoms with Crippen molar-refractivity contribution in [3.05, 3.63) is 23.2 Å². The highest BCUT2D eigenvalue weighted by molar-refractivity contribution is 7.90. The summed E-state index contributed by atoms with van der Waals surface area (Å²) in [5.74, 6) is 0.742. The summed E-state index contributed by atoms with van der Waals surface area (Å²) in [6, 6.07) is 4.83. The average molecular weight is 334 g/mol. The number of halogens is 1. The Hall–Kier alpha value is -1.02. The molecule has 118 valence electrons. The molecule has 1 aromatic rings. The lowest BCUT2D eigenvalue weighted by Crippen LogP contribution is -2.44. The standard InChI is InChI=1S/C13H20ClN3O3S/c1-20-11-4-5-12(14)13(7-11)16-21(18,19)17-6-2-3-10(8-15)9-17/h4-5,7,10,16H,2-3,6,8-9,15H2,1H3. The van der Waals surface area contributed by atoms with Crippen molar-refractivity contribution in [2.75, 3.05) is 31.5 Å². The van der Waals surface area contributed by atoms with Gasteiger partial charge in [0.25, 0.3) is 0 Å². The molecule has 1 aliphatic rings. The monoisotopic (exact) mass is 333 g/mol. The van der Waals surface area contributed by atoms with E-state index in [-0.39, 0.29) is 5.92 Å². The van der Waals surface area contributed by atoms with Crippen molar-refractivity contribution < 1.29 is 13.2 Å². The van der Waals surface area contributed by atoms with Gasteiger partial charge in [-0.05, 0) is 37.4 Å². The Bertz CT molecular complexity index is 594. The SMILES string of the molecule is COc1ccc(Cl)c(NS(=O)(=O)N2CCCC(CN)C2)c1. The Morgan fingerprint density at radius 1 is 1.52 bits per heavy atom. The maximum Gasteiger partial charge on any atom is 0.301 e. The molecule has 1 saturated heterocycles. The lowest BCUT2D eigenvalue weighted by atomic mass is 10.0. The second-order valence-electron chi connectivity index (χ2n) is 5.05. The zero-order chi connectivity index (χ0) is 15.5. The van der Waals surface area contributed by atoms with Gasteiger partial charge < -0.3 is 10.5 Å². The number of rotatable bonds is 5. The van der Waals surface area contributed by atoms with E-state index in [0.717, 1.165) is 12.8 Å². The summed E-state index contributed by atoms with van der Waals surface area (Å²) in [6.45, 7) is 1.42. The lowest BCUT2D eigenvalue weighted by Gasteiger charge is -2.31. The van der Waals surface area contributed by atoms with Crippen molar-refractivity contribution in [1.29, 1.82) is 0 Å². The van der Waals surface area contributed by atoms with E-state index in [1.54, 1.807) is 18.2 Å². The molecular formula is C13H20ClN3O3S. The van der Waals surface area contributed by atoms with Crippen molar-refractivity contribution in [2.45, 2.75) is 12.8 Å². The molecule has 1 heterocycles. The van der Waals surface area contributed by atoms with Crippen LogP contribution in [0.1, 0.15) is 12.8 Å². The Morgan fingerprint density at radius 3 is 2.95 bits per heavy atom. The van der Waals surface area contributed by atoms with Crippen LogP contribution >= 0.6 is 11.6 Å². The van der Waals surface area contributed by atoms with Gasteiger partial charge in [-0.25, -0.2) is 0 Å². The summed E-state index contributed by atoms with van der Waals surface area (Å²) < 4.78 is 33.9. The first kappa shape index (κ1) is 16.4. The number of methoxy groups -OCH3 is 1. The molecule has 8 heteroatoms. The van der Waals surface area contributed by atoms with E-state index in [4.69, 9.17) is 22.1 Å². The summed E-state index contributed by atoms with van der Waals surface area (Å²) in [5.41, 5.74) is 5.95. The fourth-order valence-electron chi connectivity index (χ4n) is 2.35. The molecule has 0 aromatic heterocycles. The van der Waals surface area contributed by atoms with E-state index < -0.39 is 10.2 Å². The van der Waals surface area contributed by atoms with Crippen molar-refractivity contribution in [2.24, 2.45) is 11.7 Å². The number of piperidine rings is 1. The summed E-state index contributed by atoms with van der Waals surface area (Å²) in [5, 5.41) is 0.326. The lowest BCUT2D eigenvalue weighted by molar-refractivity contribution is 0.273. The van der Waals surface area contributed by atoms with Crippen LogP contribution in [-0.4, -0.2) is 39.5 Å². The minimum atomic E-state index is -3.64. The summed E-state index contributed by atoms with van der Waals surface area (Å²) in [7, 11) is -2.13. The molecule has 0 saturated carbocycles.